The summed E-state index contributed by atoms with van der Waals surface area (Å²) in [4.78, 5) is 21.3. The number of morpholine rings is 1. The van der Waals surface area contributed by atoms with Gasteiger partial charge in [0.15, 0.2) is 0 Å². The molecule has 1 saturated carbocycles. The molecule has 2 aromatic carbocycles. The highest BCUT2D eigenvalue weighted by atomic mass is 16.5. The highest BCUT2D eigenvalue weighted by Gasteiger charge is 2.40. The summed E-state index contributed by atoms with van der Waals surface area (Å²) in [5.41, 5.74) is 4.72. The third-order valence-electron chi connectivity index (χ3n) is 7.07. The summed E-state index contributed by atoms with van der Waals surface area (Å²) >= 11 is 0. The van der Waals surface area contributed by atoms with Crippen LogP contribution in [-0.4, -0.2) is 68.8 Å². The van der Waals surface area contributed by atoms with Gasteiger partial charge in [-0.25, -0.2) is 0 Å². The van der Waals surface area contributed by atoms with Crippen LogP contribution >= 0.6 is 0 Å². The average Bonchev–Trinajstić information content (AvgIpc) is 3.59. The minimum absolute atomic E-state index is 0.0337. The molecule has 1 aliphatic carbocycles. The molecule has 1 amide bonds. The van der Waals surface area contributed by atoms with E-state index in [1.54, 1.807) is 0 Å². The number of carbonyl (C=O) groups excluding carboxylic acids is 1. The Hall–Kier alpha value is -2.83. The maximum absolute atomic E-state index is 13.4. The second-order valence-electron chi connectivity index (χ2n) is 9.50. The van der Waals surface area contributed by atoms with Crippen LogP contribution in [0.15, 0.2) is 54.7 Å². The lowest BCUT2D eigenvalue weighted by molar-refractivity contribution is -0.129. The highest BCUT2D eigenvalue weighted by molar-refractivity contribution is 5.85. The Morgan fingerprint density at radius 1 is 1.12 bits per heavy atom. The molecule has 33 heavy (non-hydrogen) atoms. The zero-order valence-electron chi connectivity index (χ0n) is 19.6. The zero-order chi connectivity index (χ0) is 22.8. The Kier molecular flexibility index (Phi) is 6.38. The molecule has 1 aromatic heterocycles. The Labute approximate surface area is 195 Å². The van der Waals surface area contributed by atoms with E-state index in [9.17, 15) is 4.79 Å². The molecule has 0 unspecified atom stereocenters. The van der Waals surface area contributed by atoms with Crippen molar-refractivity contribution in [2.24, 2.45) is 5.92 Å². The van der Waals surface area contributed by atoms with Gasteiger partial charge < -0.3 is 19.9 Å². The quantitative estimate of drug-likeness (QED) is 0.555. The van der Waals surface area contributed by atoms with Gasteiger partial charge in [-0.15, -0.1) is 0 Å². The molecular formula is C27H34N4O2. The number of nitrogens with one attached hydrogen (secondary N) is 2. The molecule has 6 nitrogen and oxygen atoms in total. The molecule has 0 spiro atoms. The number of nitrogens with zero attached hydrogens (tertiary/aromatic N) is 2. The fourth-order valence-corrected chi connectivity index (χ4v) is 5.05. The number of carbonyl (C=O) groups is 1. The van der Waals surface area contributed by atoms with Gasteiger partial charge in [-0.05, 0) is 48.1 Å². The lowest BCUT2D eigenvalue weighted by Gasteiger charge is -2.34. The van der Waals surface area contributed by atoms with Crippen LogP contribution in [0.1, 0.15) is 29.9 Å². The number of anilines is 1. The molecule has 1 saturated heterocycles. The number of benzene rings is 2. The molecule has 2 atom stereocenters. The van der Waals surface area contributed by atoms with Crippen LogP contribution in [-0.2, 0) is 9.53 Å². The lowest BCUT2D eigenvalue weighted by atomic mass is 9.90. The number of amides is 1. The van der Waals surface area contributed by atoms with E-state index in [0.29, 0.717) is 25.7 Å². The minimum Gasteiger partial charge on any atom is -0.379 e. The van der Waals surface area contributed by atoms with Crippen LogP contribution in [0.5, 0.6) is 0 Å². The van der Waals surface area contributed by atoms with Crippen molar-refractivity contribution in [2.75, 3.05) is 51.8 Å². The Morgan fingerprint density at radius 2 is 1.85 bits per heavy atom. The van der Waals surface area contributed by atoms with E-state index in [2.05, 4.69) is 82.9 Å². The number of hydrogen-bond donors (Lipinski definition) is 2. The highest BCUT2D eigenvalue weighted by Crippen LogP contribution is 2.36. The van der Waals surface area contributed by atoms with Crippen molar-refractivity contribution < 1.29 is 9.53 Å². The molecule has 174 valence electrons. The van der Waals surface area contributed by atoms with Gasteiger partial charge in [-0.2, -0.15) is 0 Å². The summed E-state index contributed by atoms with van der Waals surface area (Å²) in [5, 5.41) is 4.55. The third kappa shape index (κ3) is 4.77. The first-order valence-corrected chi connectivity index (χ1v) is 12.0. The minimum atomic E-state index is -0.0337. The van der Waals surface area contributed by atoms with Crippen LogP contribution in [0.2, 0.25) is 0 Å². The molecule has 2 heterocycles. The number of aromatic amines is 1. The van der Waals surface area contributed by atoms with Gasteiger partial charge in [0.25, 0.3) is 0 Å². The maximum atomic E-state index is 13.4. The van der Waals surface area contributed by atoms with E-state index >= 15 is 0 Å². The average molecular weight is 447 g/mol. The van der Waals surface area contributed by atoms with Crippen LogP contribution in [0.25, 0.3) is 10.9 Å². The largest absolute Gasteiger partial charge is 0.379 e. The Balaban J connectivity index is 1.40. The Morgan fingerprint density at radius 3 is 2.55 bits per heavy atom. The first-order chi connectivity index (χ1) is 16.1. The fourth-order valence-electron chi connectivity index (χ4n) is 5.05. The molecule has 2 aliphatic rings. The predicted molar refractivity (Wildman–Crippen MR) is 133 cm³/mol. The molecule has 2 N–H and O–H groups in total. The molecule has 5 rings (SSSR count). The van der Waals surface area contributed by atoms with Crippen molar-refractivity contribution in [2.45, 2.75) is 24.8 Å². The number of H-pyrrole nitrogens is 1. The van der Waals surface area contributed by atoms with Crippen molar-refractivity contribution in [1.29, 1.82) is 0 Å². The molecule has 3 aromatic rings. The normalized spacial score (nSPS) is 18.7. The summed E-state index contributed by atoms with van der Waals surface area (Å²) in [6.45, 7) is 3.69. The number of aromatic nitrogens is 1. The van der Waals surface area contributed by atoms with E-state index in [1.165, 1.54) is 22.2 Å². The third-order valence-corrected chi connectivity index (χ3v) is 7.07. The molecule has 6 heteroatoms. The van der Waals surface area contributed by atoms with Gasteiger partial charge in [-0.3, -0.25) is 9.69 Å². The molecular weight excluding hydrogens is 412 g/mol. The number of ether oxygens (including phenoxy) is 1. The van der Waals surface area contributed by atoms with Gasteiger partial charge in [0, 0.05) is 62.4 Å². The zero-order valence-corrected chi connectivity index (χ0v) is 19.6. The van der Waals surface area contributed by atoms with E-state index in [0.717, 1.165) is 31.4 Å². The van der Waals surface area contributed by atoms with E-state index < -0.39 is 0 Å². The lowest BCUT2D eigenvalue weighted by Crippen LogP contribution is -2.52. The second-order valence-corrected chi connectivity index (χ2v) is 9.50. The number of rotatable bonds is 8. The Bertz CT molecular complexity index is 1080. The molecule has 2 fully saturated rings. The second kappa shape index (κ2) is 9.57. The number of para-hydroxylation sites is 1. The molecule has 0 bridgehead atoms. The van der Waals surface area contributed by atoms with Gasteiger partial charge in [0.1, 0.15) is 0 Å². The van der Waals surface area contributed by atoms with Crippen molar-refractivity contribution >= 4 is 22.5 Å². The van der Waals surface area contributed by atoms with Gasteiger partial charge >= 0.3 is 0 Å². The van der Waals surface area contributed by atoms with E-state index in [1.807, 2.05) is 6.07 Å². The summed E-state index contributed by atoms with van der Waals surface area (Å²) < 4.78 is 5.52. The molecule has 0 radical (unpaired) electrons. The summed E-state index contributed by atoms with van der Waals surface area (Å²) in [6, 6.07) is 17.0. The van der Waals surface area contributed by atoms with Crippen LogP contribution in [0.4, 0.5) is 5.69 Å². The summed E-state index contributed by atoms with van der Waals surface area (Å²) in [5.74, 6) is 0.717. The predicted octanol–water partition coefficient (Wildman–Crippen LogP) is 3.59. The van der Waals surface area contributed by atoms with E-state index in [-0.39, 0.29) is 17.9 Å². The first-order valence-electron chi connectivity index (χ1n) is 12.0. The smallest absolute Gasteiger partial charge is 0.237 e. The standard InChI is InChI=1S/C27H34N4O2/c1-30(2)21-11-9-19(10-12-21)23(24-18-28-25-6-4-3-5-22(24)25)17-29-27(32)26(20-7-8-20)31-13-15-33-16-14-31/h3-6,9-12,18,20,23,26,28H,7-8,13-17H2,1-2H3,(H,29,32)/t23-,26+/m1/s1. The SMILES string of the molecule is CN(C)c1ccc([C@@H](CNC(=O)[C@H](C2CC2)N2CCOCC2)c2c[nH]c3ccccc23)cc1. The van der Waals surface area contributed by atoms with Crippen LogP contribution in [0.3, 0.4) is 0 Å². The van der Waals surface area contributed by atoms with Crippen LogP contribution in [0, 0.1) is 5.92 Å². The van der Waals surface area contributed by atoms with E-state index in [4.69, 9.17) is 4.74 Å². The molecule has 1 aliphatic heterocycles. The van der Waals surface area contributed by atoms with Gasteiger partial charge in [0.05, 0.1) is 19.3 Å². The van der Waals surface area contributed by atoms with Gasteiger partial charge in [0.2, 0.25) is 5.91 Å². The summed E-state index contributed by atoms with van der Waals surface area (Å²) in [7, 11) is 4.10. The van der Waals surface area contributed by atoms with Crippen molar-refractivity contribution in [1.82, 2.24) is 15.2 Å². The monoisotopic (exact) mass is 446 g/mol. The van der Waals surface area contributed by atoms with Crippen molar-refractivity contribution in [3.8, 4) is 0 Å². The maximum Gasteiger partial charge on any atom is 0.237 e. The van der Waals surface area contributed by atoms with Crippen molar-refractivity contribution in [3.63, 3.8) is 0 Å². The first kappa shape index (κ1) is 22.0. The van der Waals surface area contributed by atoms with Crippen LogP contribution < -0.4 is 10.2 Å². The summed E-state index contributed by atoms with van der Waals surface area (Å²) in [6.07, 6.45) is 4.39. The topological polar surface area (TPSA) is 60.6 Å². The van der Waals surface area contributed by atoms with Gasteiger partial charge in [-0.1, -0.05) is 30.3 Å². The number of fused-ring (bicyclic) bond motifs is 1. The fraction of sp³-hybridized carbons (Fsp3) is 0.444. The van der Waals surface area contributed by atoms with Crippen molar-refractivity contribution in [3.05, 3.63) is 65.9 Å². The number of hydrogen-bond acceptors (Lipinski definition) is 4.